The third-order valence-electron chi connectivity index (χ3n) is 18.0. The van der Waals surface area contributed by atoms with Crippen molar-refractivity contribution < 1.29 is 0 Å². The molecule has 0 N–H and O–H groups in total. The van der Waals surface area contributed by atoms with Crippen LogP contribution in [-0.2, 0) is 0 Å². The van der Waals surface area contributed by atoms with Gasteiger partial charge >= 0.3 is 0 Å². The average Bonchev–Trinajstić information content (AvgIpc) is 3.38. The molecular weight excluding hydrogens is 872 g/mol. The summed E-state index contributed by atoms with van der Waals surface area (Å²) in [7, 11) is -0.842. The molecule has 0 rings (SSSR count). The Kier molecular flexibility index (Phi) is 60.0. The smallest absolute Gasteiger partial charge is 0.0594 e. The van der Waals surface area contributed by atoms with Crippen molar-refractivity contribution in [2.45, 2.75) is 420 Å². The second-order valence-corrected chi connectivity index (χ2v) is 29.5. The first-order valence-corrected chi connectivity index (χ1v) is 37.5. The summed E-state index contributed by atoms with van der Waals surface area (Å²) in [6.07, 6.45) is 94.6. The minimum absolute atomic E-state index is 0.652. The molecule has 0 amide bonds. The molecule has 0 unspecified atom stereocenters. The Morgan fingerprint density at radius 1 is 0.155 bits per heavy atom. The van der Waals surface area contributed by atoms with E-state index in [0.29, 0.717) is 5.41 Å². The molecule has 0 saturated heterocycles. The summed E-state index contributed by atoms with van der Waals surface area (Å²) < 4.78 is 0. The zero-order valence-electron chi connectivity index (χ0n) is 51.5. The van der Waals surface area contributed by atoms with Gasteiger partial charge in [0.05, 0.1) is 24.6 Å². The van der Waals surface area contributed by atoms with Crippen molar-refractivity contribution in [3.63, 3.8) is 0 Å². The van der Waals surface area contributed by atoms with Gasteiger partial charge in [0.1, 0.15) is 0 Å². The summed E-state index contributed by atoms with van der Waals surface area (Å²) in [5.74, 6) is 0. The monoisotopic (exact) mass is 1020 g/mol. The second-order valence-electron chi connectivity index (χ2n) is 25.1. The summed E-state index contributed by atoms with van der Waals surface area (Å²) in [5.41, 5.74) is 0.652. The van der Waals surface area contributed by atoms with Crippen molar-refractivity contribution in [1.82, 2.24) is 0 Å². The van der Waals surface area contributed by atoms with Gasteiger partial charge in [-0.05, 0) is 82.5 Å². The summed E-state index contributed by atoms with van der Waals surface area (Å²) in [5, 5.41) is 0. The fourth-order valence-corrected chi connectivity index (χ4v) is 17.8. The molecule has 71 heavy (non-hydrogen) atoms. The highest BCUT2D eigenvalue weighted by Crippen LogP contribution is 2.61. The number of hydrogen-bond donors (Lipinski definition) is 0. The molecule has 1 heteroatoms. The van der Waals surface area contributed by atoms with Gasteiger partial charge in [-0.15, -0.1) is 0 Å². The highest BCUT2D eigenvalue weighted by atomic mass is 31.2. The van der Waals surface area contributed by atoms with Crippen LogP contribution in [0.2, 0.25) is 0 Å². The normalized spacial score (nSPS) is 12.3. The Labute approximate surface area is 455 Å². The number of hydrogen-bond acceptors (Lipinski definition) is 0. The van der Waals surface area contributed by atoms with Gasteiger partial charge in [-0.3, -0.25) is 0 Å². The molecule has 0 spiro atoms. The highest BCUT2D eigenvalue weighted by molar-refractivity contribution is 7.75. The Hall–Kier alpha value is 0.430. The van der Waals surface area contributed by atoms with Crippen LogP contribution in [0, 0.1) is 5.41 Å². The van der Waals surface area contributed by atoms with E-state index in [0.717, 1.165) is 0 Å². The van der Waals surface area contributed by atoms with Crippen LogP contribution in [0.25, 0.3) is 0 Å². The van der Waals surface area contributed by atoms with Gasteiger partial charge in [0.25, 0.3) is 0 Å². The lowest BCUT2D eigenvalue weighted by atomic mass is 9.70. The van der Waals surface area contributed by atoms with E-state index in [4.69, 9.17) is 0 Å². The Bertz CT molecular complexity index is 763. The Morgan fingerprint density at radius 3 is 0.437 bits per heavy atom. The third kappa shape index (κ3) is 51.0. The van der Waals surface area contributed by atoms with E-state index in [1.165, 1.54) is 327 Å². The number of unbranched alkanes of at least 4 members (excludes halogenated alkanes) is 48. The number of rotatable bonds is 64. The summed E-state index contributed by atoms with van der Waals surface area (Å²) in [6, 6.07) is 0. The van der Waals surface area contributed by atoms with Gasteiger partial charge in [-0.2, -0.15) is 0 Å². The highest BCUT2D eigenvalue weighted by Gasteiger charge is 2.35. The third-order valence-corrected chi connectivity index (χ3v) is 23.0. The van der Waals surface area contributed by atoms with Crippen molar-refractivity contribution in [2.24, 2.45) is 5.41 Å². The topological polar surface area (TPSA) is 0 Å². The molecule has 0 aliphatic heterocycles. The van der Waals surface area contributed by atoms with E-state index in [9.17, 15) is 0 Å². The molecule has 0 aromatic carbocycles. The zero-order valence-corrected chi connectivity index (χ0v) is 52.4. The molecular formula is C70H144P+. The van der Waals surface area contributed by atoms with Crippen LogP contribution in [0.15, 0.2) is 0 Å². The largest absolute Gasteiger partial charge is 0.0654 e. The van der Waals surface area contributed by atoms with E-state index in [1.807, 2.05) is 0 Å². The lowest BCUT2D eigenvalue weighted by Crippen LogP contribution is -2.21. The zero-order chi connectivity index (χ0) is 51.5. The van der Waals surface area contributed by atoms with E-state index >= 15 is 0 Å². The molecule has 0 atom stereocenters. The Morgan fingerprint density at radius 2 is 0.282 bits per heavy atom. The predicted molar refractivity (Wildman–Crippen MR) is 335 cm³/mol. The standard InChI is InChI=1S/C70H144P/c1-7-13-19-25-31-38-46-54-62-70(63-55-47-39-32-26-20-14-8-2,64-56-48-40-33-27-21-15-9-3)65-57-49-41-37-45-53-61-69-71(66-58-50-42-34-28-22-16-10-4,67-59-51-43-35-29-23-17-11-5)68-60-52-44-36-30-24-18-12-6/h7-69H2,1-6H3/q+1. The summed E-state index contributed by atoms with van der Waals surface area (Å²) in [4.78, 5) is 0. The van der Waals surface area contributed by atoms with Crippen molar-refractivity contribution in [3.05, 3.63) is 0 Å². The molecule has 428 valence electrons. The predicted octanol–water partition coefficient (Wildman–Crippen LogP) is 27.1. The van der Waals surface area contributed by atoms with Gasteiger partial charge in [0, 0.05) is 7.26 Å². The fourth-order valence-electron chi connectivity index (χ4n) is 12.9. The van der Waals surface area contributed by atoms with Crippen LogP contribution in [0.5, 0.6) is 0 Å². The van der Waals surface area contributed by atoms with Crippen LogP contribution < -0.4 is 0 Å². The summed E-state index contributed by atoms with van der Waals surface area (Å²) in [6.45, 7) is 14.2. The van der Waals surface area contributed by atoms with Crippen LogP contribution in [0.4, 0.5) is 0 Å². The van der Waals surface area contributed by atoms with Crippen molar-refractivity contribution in [3.8, 4) is 0 Å². The first-order valence-electron chi connectivity index (χ1n) is 34.9. The van der Waals surface area contributed by atoms with E-state index < -0.39 is 7.26 Å². The van der Waals surface area contributed by atoms with Crippen LogP contribution >= 0.6 is 7.26 Å². The fraction of sp³-hybridized carbons (Fsp3) is 1.00. The molecule has 0 saturated carbocycles. The molecule has 0 bridgehead atoms. The minimum Gasteiger partial charge on any atom is -0.0654 e. The molecule has 0 nitrogen and oxygen atoms in total. The first kappa shape index (κ1) is 71.4. The van der Waals surface area contributed by atoms with Gasteiger partial charge in [-0.1, -0.05) is 343 Å². The maximum atomic E-state index is 2.36. The maximum absolute atomic E-state index is 2.36. The quantitative estimate of drug-likeness (QED) is 0.0421. The van der Waals surface area contributed by atoms with E-state index in [-0.39, 0.29) is 0 Å². The minimum atomic E-state index is -0.842. The molecule has 0 radical (unpaired) electrons. The van der Waals surface area contributed by atoms with Crippen molar-refractivity contribution in [2.75, 3.05) is 24.6 Å². The molecule has 0 aliphatic rings. The average molecular weight is 1020 g/mol. The van der Waals surface area contributed by atoms with Gasteiger partial charge in [0.15, 0.2) is 0 Å². The Balaban J connectivity index is 5.53. The first-order chi connectivity index (χ1) is 35.1. The molecule has 0 aliphatic carbocycles. The van der Waals surface area contributed by atoms with Gasteiger partial charge < -0.3 is 0 Å². The SMILES string of the molecule is CCCCCCCCCCC(CCCCCCCCCC)(CCCCCCCCCC)CCCCCCCCC[P+](CCCCCCCCCC)(CCCCCCCCCC)CCCCCCCCCC. The van der Waals surface area contributed by atoms with Crippen molar-refractivity contribution in [1.29, 1.82) is 0 Å². The second kappa shape index (κ2) is 59.7. The summed E-state index contributed by atoms with van der Waals surface area (Å²) >= 11 is 0. The van der Waals surface area contributed by atoms with Crippen molar-refractivity contribution >= 4 is 7.26 Å². The lowest BCUT2D eigenvalue weighted by Gasteiger charge is -2.35. The lowest BCUT2D eigenvalue weighted by molar-refractivity contribution is 0.171. The van der Waals surface area contributed by atoms with E-state index in [2.05, 4.69) is 41.5 Å². The van der Waals surface area contributed by atoms with Gasteiger partial charge in [-0.25, -0.2) is 0 Å². The van der Waals surface area contributed by atoms with Crippen LogP contribution in [-0.4, -0.2) is 24.6 Å². The van der Waals surface area contributed by atoms with Crippen LogP contribution in [0.3, 0.4) is 0 Å². The van der Waals surface area contributed by atoms with Crippen LogP contribution in [0.1, 0.15) is 420 Å². The molecule has 0 aromatic rings. The molecule has 0 aromatic heterocycles. The maximum Gasteiger partial charge on any atom is 0.0594 e. The van der Waals surface area contributed by atoms with E-state index in [1.54, 1.807) is 76.0 Å². The molecule has 0 fully saturated rings. The molecule has 0 heterocycles. The van der Waals surface area contributed by atoms with Gasteiger partial charge in [0.2, 0.25) is 0 Å².